The van der Waals surface area contributed by atoms with Crippen LogP contribution in [0.4, 0.5) is 0 Å². The van der Waals surface area contributed by atoms with Crippen molar-refractivity contribution in [3.63, 3.8) is 0 Å². The predicted molar refractivity (Wildman–Crippen MR) is 116 cm³/mol. The second-order valence-corrected chi connectivity index (χ2v) is 7.90. The van der Waals surface area contributed by atoms with E-state index in [2.05, 4.69) is 4.90 Å². The number of amides is 2. The molecule has 0 aliphatic carbocycles. The molecule has 2 fully saturated rings. The molecule has 2 aromatic carbocycles. The van der Waals surface area contributed by atoms with Gasteiger partial charge < -0.3 is 14.5 Å². The quantitative estimate of drug-likeness (QED) is 0.738. The summed E-state index contributed by atoms with van der Waals surface area (Å²) >= 11 is 0. The molecule has 2 heterocycles. The van der Waals surface area contributed by atoms with Crippen LogP contribution in [0.25, 0.3) is 11.1 Å². The Labute approximate surface area is 178 Å². The highest BCUT2D eigenvalue weighted by atomic mass is 16.5. The van der Waals surface area contributed by atoms with Gasteiger partial charge in [-0.2, -0.15) is 0 Å². The van der Waals surface area contributed by atoms with Crippen molar-refractivity contribution in [1.29, 1.82) is 0 Å². The first kappa shape index (κ1) is 20.4. The van der Waals surface area contributed by atoms with Gasteiger partial charge in [-0.15, -0.1) is 0 Å². The molecule has 2 aliphatic heterocycles. The van der Waals surface area contributed by atoms with Crippen molar-refractivity contribution >= 4 is 11.8 Å². The van der Waals surface area contributed by atoms with Gasteiger partial charge in [-0.1, -0.05) is 48.5 Å². The molecule has 158 valence electrons. The number of hydrogen-bond acceptors (Lipinski definition) is 4. The van der Waals surface area contributed by atoms with Crippen LogP contribution in [0.5, 0.6) is 5.75 Å². The Kier molecular flexibility index (Phi) is 6.64. The van der Waals surface area contributed by atoms with Crippen LogP contribution in [0.2, 0.25) is 0 Å². The van der Waals surface area contributed by atoms with E-state index >= 15 is 0 Å². The van der Waals surface area contributed by atoms with E-state index in [-0.39, 0.29) is 18.4 Å². The zero-order valence-electron chi connectivity index (χ0n) is 17.3. The number of ether oxygens (including phenoxy) is 1. The lowest BCUT2D eigenvalue weighted by atomic mass is 10.1. The van der Waals surface area contributed by atoms with E-state index < -0.39 is 0 Å². The number of carbonyl (C=O) groups is 2. The summed E-state index contributed by atoms with van der Waals surface area (Å²) < 4.78 is 5.90. The summed E-state index contributed by atoms with van der Waals surface area (Å²) in [6.45, 7) is 4.99. The van der Waals surface area contributed by atoms with Crippen molar-refractivity contribution in [2.75, 3.05) is 52.4 Å². The van der Waals surface area contributed by atoms with Gasteiger partial charge in [0.1, 0.15) is 5.75 Å². The number of rotatable bonds is 6. The van der Waals surface area contributed by atoms with Gasteiger partial charge >= 0.3 is 0 Å². The third kappa shape index (κ3) is 5.00. The van der Waals surface area contributed by atoms with Crippen LogP contribution in [0.1, 0.15) is 12.8 Å². The third-order valence-electron chi connectivity index (χ3n) is 5.87. The monoisotopic (exact) mass is 407 g/mol. The highest BCUT2D eigenvalue weighted by Gasteiger charge is 2.25. The van der Waals surface area contributed by atoms with Gasteiger partial charge in [-0.3, -0.25) is 14.5 Å². The minimum absolute atomic E-state index is 0.0108. The third-order valence-corrected chi connectivity index (χ3v) is 5.87. The average Bonchev–Trinajstić information content (AvgIpc) is 3.34. The summed E-state index contributed by atoms with van der Waals surface area (Å²) in [5.41, 5.74) is 2.05. The molecule has 0 bridgehead atoms. The Morgan fingerprint density at radius 3 is 2.10 bits per heavy atom. The number of piperazine rings is 1. The Morgan fingerprint density at radius 1 is 0.733 bits per heavy atom. The van der Waals surface area contributed by atoms with Crippen LogP contribution in [0.3, 0.4) is 0 Å². The molecule has 2 saturated heterocycles. The molecule has 0 spiro atoms. The standard InChI is InChI=1S/C24H29N3O3/c28-23(26-12-6-7-13-26)18-25-14-16-27(17-15-25)24(29)19-30-22-11-5-4-10-21(22)20-8-2-1-3-9-20/h1-5,8-11H,6-7,12-19H2. The smallest absolute Gasteiger partial charge is 0.260 e. The van der Waals surface area contributed by atoms with Crippen molar-refractivity contribution in [1.82, 2.24) is 14.7 Å². The molecule has 2 amide bonds. The van der Waals surface area contributed by atoms with Crippen LogP contribution in [0.15, 0.2) is 54.6 Å². The predicted octanol–water partition coefficient (Wildman–Crippen LogP) is 2.50. The highest BCUT2D eigenvalue weighted by molar-refractivity contribution is 5.79. The Hall–Kier alpha value is -2.86. The number of hydrogen-bond donors (Lipinski definition) is 0. The van der Waals surface area contributed by atoms with Gasteiger partial charge in [0.2, 0.25) is 5.91 Å². The Morgan fingerprint density at radius 2 is 1.37 bits per heavy atom. The van der Waals surface area contributed by atoms with Crippen LogP contribution in [-0.4, -0.2) is 78.9 Å². The second kappa shape index (κ2) is 9.76. The molecule has 2 aliphatic rings. The molecule has 30 heavy (non-hydrogen) atoms. The molecule has 0 unspecified atom stereocenters. The maximum absolute atomic E-state index is 12.7. The van der Waals surface area contributed by atoms with Crippen molar-refractivity contribution in [2.45, 2.75) is 12.8 Å². The van der Waals surface area contributed by atoms with E-state index in [4.69, 9.17) is 4.74 Å². The van der Waals surface area contributed by atoms with Gasteiger partial charge in [0.25, 0.3) is 5.91 Å². The molecule has 6 heteroatoms. The van der Waals surface area contributed by atoms with Gasteiger partial charge in [-0.25, -0.2) is 0 Å². The van der Waals surface area contributed by atoms with E-state index in [0.29, 0.717) is 25.4 Å². The summed E-state index contributed by atoms with van der Waals surface area (Å²) in [7, 11) is 0. The van der Waals surface area contributed by atoms with Crippen molar-refractivity contribution < 1.29 is 14.3 Å². The number of para-hydroxylation sites is 1. The van der Waals surface area contributed by atoms with Crippen molar-refractivity contribution in [2.24, 2.45) is 0 Å². The minimum atomic E-state index is -0.0108. The highest BCUT2D eigenvalue weighted by Crippen LogP contribution is 2.29. The zero-order valence-corrected chi connectivity index (χ0v) is 17.3. The van der Waals surface area contributed by atoms with E-state index in [1.165, 1.54) is 0 Å². The summed E-state index contributed by atoms with van der Waals surface area (Å²) in [6.07, 6.45) is 2.23. The molecule has 0 radical (unpaired) electrons. The van der Waals surface area contributed by atoms with Gasteiger partial charge in [0.05, 0.1) is 6.54 Å². The normalized spacial score (nSPS) is 17.2. The summed E-state index contributed by atoms with van der Waals surface area (Å²) in [5.74, 6) is 0.920. The van der Waals surface area contributed by atoms with Crippen LogP contribution in [0, 0.1) is 0 Å². The molecule has 0 saturated carbocycles. The fourth-order valence-corrected chi connectivity index (χ4v) is 4.09. The van der Waals surface area contributed by atoms with Crippen LogP contribution in [-0.2, 0) is 9.59 Å². The van der Waals surface area contributed by atoms with Crippen LogP contribution >= 0.6 is 0 Å². The largest absolute Gasteiger partial charge is 0.483 e. The topological polar surface area (TPSA) is 53.1 Å². The van der Waals surface area contributed by atoms with Crippen molar-refractivity contribution in [3.05, 3.63) is 54.6 Å². The fraction of sp³-hybridized carbons (Fsp3) is 0.417. The zero-order chi connectivity index (χ0) is 20.8. The molecule has 0 N–H and O–H groups in total. The number of carbonyl (C=O) groups excluding carboxylic acids is 2. The number of likely N-dealkylation sites (tertiary alicyclic amines) is 1. The molecular formula is C24H29N3O3. The molecule has 4 rings (SSSR count). The molecule has 0 aromatic heterocycles. The maximum atomic E-state index is 12.7. The molecule has 0 atom stereocenters. The Bertz CT molecular complexity index is 857. The lowest BCUT2D eigenvalue weighted by Crippen LogP contribution is -2.52. The maximum Gasteiger partial charge on any atom is 0.260 e. The SMILES string of the molecule is O=C(COc1ccccc1-c1ccccc1)N1CCN(CC(=O)N2CCCC2)CC1. The molecular weight excluding hydrogens is 378 g/mol. The summed E-state index contributed by atoms with van der Waals surface area (Å²) in [6, 6.07) is 17.8. The van der Waals surface area contributed by atoms with Gasteiger partial charge in [0, 0.05) is 44.8 Å². The second-order valence-electron chi connectivity index (χ2n) is 7.90. The molecule has 2 aromatic rings. The molecule has 6 nitrogen and oxygen atoms in total. The van der Waals surface area contributed by atoms with Gasteiger partial charge in [-0.05, 0) is 24.5 Å². The van der Waals surface area contributed by atoms with Crippen LogP contribution < -0.4 is 4.74 Å². The lowest BCUT2D eigenvalue weighted by Gasteiger charge is -2.35. The van der Waals surface area contributed by atoms with E-state index in [1.807, 2.05) is 64.4 Å². The van der Waals surface area contributed by atoms with E-state index in [1.54, 1.807) is 0 Å². The van der Waals surface area contributed by atoms with E-state index in [0.717, 1.165) is 50.1 Å². The minimum Gasteiger partial charge on any atom is -0.483 e. The number of nitrogens with zero attached hydrogens (tertiary/aromatic N) is 3. The van der Waals surface area contributed by atoms with Crippen molar-refractivity contribution in [3.8, 4) is 16.9 Å². The Balaban J connectivity index is 1.26. The van der Waals surface area contributed by atoms with E-state index in [9.17, 15) is 9.59 Å². The number of benzene rings is 2. The first-order chi connectivity index (χ1) is 14.7. The lowest BCUT2D eigenvalue weighted by molar-refractivity contribution is -0.136. The fourth-order valence-electron chi connectivity index (χ4n) is 4.09. The first-order valence-corrected chi connectivity index (χ1v) is 10.8. The summed E-state index contributed by atoms with van der Waals surface area (Å²) in [5, 5.41) is 0. The average molecular weight is 408 g/mol. The first-order valence-electron chi connectivity index (χ1n) is 10.8. The summed E-state index contributed by atoms with van der Waals surface area (Å²) in [4.78, 5) is 30.9. The van der Waals surface area contributed by atoms with Gasteiger partial charge in [0.15, 0.2) is 6.61 Å².